The smallest absolute Gasteiger partial charge is 0.335 e. The van der Waals surface area contributed by atoms with E-state index in [-0.39, 0.29) is 5.70 Å². The highest BCUT2D eigenvalue weighted by Gasteiger charge is 2.05. The molecule has 11 heavy (non-hydrogen) atoms. The maximum atomic E-state index is 10.5. The van der Waals surface area contributed by atoms with Crippen LogP contribution in [0.15, 0.2) is 11.8 Å². The molecular weight excluding hydrogens is 142 g/mol. The molecule has 0 fully saturated rings. The topological polar surface area (TPSA) is 30.7 Å². The fourth-order valence-corrected chi connectivity index (χ4v) is 0.333. The van der Waals surface area contributed by atoms with Gasteiger partial charge in [-0.3, -0.25) is 4.79 Å². The monoisotopic (exact) mass is 155 g/mol. The predicted octanol–water partition coefficient (Wildman–Crippen LogP) is 2.01. The van der Waals surface area contributed by atoms with Crippen LogP contribution in [0.1, 0.15) is 20.8 Å². The SMILES string of the molecule is CC.[C-]#[N+]/C(=C\C)C(=O)OC. The molecule has 3 nitrogen and oxygen atoms in total. The highest BCUT2D eigenvalue weighted by atomic mass is 16.5. The number of rotatable bonds is 1. The standard InChI is InChI=1S/C6H7NO2.C2H6/c1-4-5(7-2)6(8)9-3;1-2/h4H,1,3H3;1-2H3/b5-4-;. The van der Waals surface area contributed by atoms with Gasteiger partial charge in [0, 0.05) is 0 Å². The molecular formula is C8H13NO2. The highest BCUT2D eigenvalue weighted by Crippen LogP contribution is 1.96. The van der Waals surface area contributed by atoms with Crippen molar-refractivity contribution in [2.24, 2.45) is 0 Å². The van der Waals surface area contributed by atoms with E-state index in [1.54, 1.807) is 6.92 Å². The Bertz CT molecular complexity index is 177. The fraction of sp³-hybridized carbons (Fsp3) is 0.500. The number of nitrogens with zero attached hydrogens (tertiary/aromatic N) is 1. The third-order valence-corrected chi connectivity index (χ3v) is 0.788. The van der Waals surface area contributed by atoms with Crippen LogP contribution in [0.25, 0.3) is 4.85 Å². The van der Waals surface area contributed by atoms with Crippen molar-refractivity contribution >= 4 is 5.97 Å². The molecule has 3 heteroatoms. The molecule has 0 N–H and O–H groups in total. The molecule has 0 radical (unpaired) electrons. The van der Waals surface area contributed by atoms with E-state index in [0.717, 1.165) is 0 Å². The Balaban J connectivity index is 0. The number of carbonyl (C=O) groups excluding carboxylic acids is 1. The summed E-state index contributed by atoms with van der Waals surface area (Å²) < 4.78 is 4.27. The summed E-state index contributed by atoms with van der Waals surface area (Å²) in [7, 11) is 1.25. The van der Waals surface area contributed by atoms with Crippen LogP contribution in [-0.2, 0) is 9.53 Å². The van der Waals surface area contributed by atoms with E-state index in [0.29, 0.717) is 0 Å². The number of hydrogen-bond donors (Lipinski definition) is 0. The molecule has 0 aliphatic heterocycles. The van der Waals surface area contributed by atoms with Crippen molar-refractivity contribution in [2.45, 2.75) is 20.8 Å². The average molecular weight is 155 g/mol. The third kappa shape index (κ3) is 5.16. The molecule has 0 heterocycles. The minimum Gasteiger partial charge on any atom is -0.474 e. The van der Waals surface area contributed by atoms with Gasteiger partial charge in [0.2, 0.25) is 0 Å². The summed E-state index contributed by atoms with van der Waals surface area (Å²) in [5.41, 5.74) is 0.0255. The Morgan fingerprint density at radius 1 is 1.55 bits per heavy atom. The second kappa shape index (κ2) is 8.70. The van der Waals surface area contributed by atoms with Crippen molar-refractivity contribution in [1.29, 1.82) is 0 Å². The highest BCUT2D eigenvalue weighted by molar-refractivity contribution is 5.90. The number of methoxy groups -OCH3 is 1. The predicted molar refractivity (Wildman–Crippen MR) is 43.7 cm³/mol. The lowest BCUT2D eigenvalue weighted by Gasteiger charge is -1.91. The third-order valence-electron chi connectivity index (χ3n) is 0.788. The van der Waals surface area contributed by atoms with Gasteiger partial charge in [0.05, 0.1) is 13.7 Å². The average Bonchev–Trinajstić information content (AvgIpc) is 2.10. The van der Waals surface area contributed by atoms with Crippen molar-refractivity contribution in [3.63, 3.8) is 0 Å². The number of ether oxygens (including phenoxy) is 1. The van der Waals surface area contributed by atoms with Crippen molar-refractivity contribution in [2.75, 3.05) is 7.11 Å². The molecule has 0 aromatic rings. The van der Waals surface area contributed by atoms with Crippen molar-refractivity contribution in [1.82, 2.24) is 0 Å². The molecule has 0 atom stereocenters. The fourth-order valence-electron chi connectivity index (χ4n) is 0.333. The summed E-state index contributed by atoms with van der Waals surface area (Å²) in [5.74, 6) is -0.576. The summed E-state index contributed by atoms with van der Waals surface area (Å²) in [6.45, 7) is 12.1. The van der Waals surface area contributed by atoms with Crippen molar-refractivity contribution in [3.05, 3.63) is 23.2 Å². The quantitative estimate of drug-likeness (QED) is 0.329. The molecule has 0 bridgehead atoms. The number of carbonyl (C=O) groups is 1. The van der Waals surface area contributed by atoms with E-state index in [4.69, 9.17) is 6.57 Å². The Morgan fingerprint density at radius 3 is 2.09 bits per heavy atom. The second-order valence-corrected chi connectivity index (χ2v) is 1.28. The maximum absolute atomic E-state index is 10.5. The first-order chi connectivity index (χ1) is 5.26. The van der Waals surface area contributed by atoms with E-state index < -0.39 is 5.97 Å². The van der Waals surface area contributed by atoms with Crippen molar-refractivity contribution in [3.8, 4) is 0 Å². The van der Waals surface area contributed by atoms with E-state index in [1.165, 1.54) is 13.2 Å². The molecule has 62 valence electrons. The van der Waals surface area contributed by atoms with Gasteiger partial charge in [-0.05, 0) is 0 Å². The Labute approximate surface area is 67.5 Å². The van der Waals surface area contributed by atoms with Gasteiger partial charge in [0.25, 0.3) is 5.70 Å². The lowest BCUT2D eigenvalue weighted by Crippen LogP contribution is -2.00. The van der Waals surface area contributed by atoms with E-state index >= 15 is 0 Å². The van der Waals surface area contributed by atoms with Gasteiger partial charge < -0.3 is 4.74 Å². The van der Waals surface area contributed by atoms with Gasteiger partial charge in [0.15, 0.2) is 0 Å². The van der Waals surface area contributed by atoms with Crippen LogP contribution in [0.5, 0.6) is 0 Å². The molecule has 0 rings (SSSR count). The maximum Gasteiger partial charge on any atom is 0.335 e. The number of esters is 1. The molecule has 0 aromatic heterocycles. The summed E-state index contributed by atoms with van der Waals surface area (Å²) in [5, 5.41) is 0. The lowest BCUT2D eigenvalue weighted by molar-refractivity contribution is -0.135. The van der Waals surface area contributed by atoms with Crippen LogP contribution < -0.4 is 0 Å². The molecule has 0 saturated carbocycles. The van der Waals surface area contributed by atoms with E-state index in [1.807, 2.05) is 13.8 Å². The minimum atomic E-state index is -0.576. The number of allylic oxidation sites excluding steroid dienone is 1. The Morgan fingerprint density at radius 2 is 2.00 bits per heavy atom. The van der Waals surface area contributed by atoms with Crippen LogP contribution in [-0.4, -0.2) is 13.1 Å². The molecule has 0 spiro atoms. The van der Waals surface area contributed by atoms with Gasteiger partial charge in [-0.15, -0.1) is 0 Å². The first kappa shape index (κ1) is 12.4. The minimum absolute atomic E-state index is 0.0255. The van der Waals surface area contributed by atoms with Crippen molar-refractivity contribution < 1.29 is 9.53 Å². The largest absolute Gasteiger partial charge is 0.474 e. The molecule has 0 amide bonds. The van der Waals surface area contributed by atoms with Crippen LogP contribution >= 0.6 is 0 Å². The van der Waals surface area contributed by atoms with Crippen LogP contribution in [0, 0.1) is 6.57 Å². The zero-order chi connectivity index (χ0) is 9.28. The molecule has 0 aliphatic rings. The first-order valence-electron chi connectivity index (χ1n) is 3.38. The van der Waals surface area contributed by atoms with Gasteiger partial charge in [-0.1, -0.05) is 26.8 Å². The molecule has 0 saturated heterocycles. The van der Waals surface area contributed by atoms with Gasteiger partial charge in [-0.2, -0.15) is 0 Å². The van der Waals surface area contributed by atoms with E-state index in [2.05, 4.69) is 9.58 Å². The van der Waals surface area contributed by atoms with Gasteiger partial charge in [-0.25, -0.2) is 4.85 Å². The van der Waals surface area contributed by atoms with Crippen LogP contribution in [0.4, 0.5) is 0 Å². The summed E-state index contributed by atoms with van der Waals surface area (Å²) in [6.07, 6.45) is 1.42. The zero-order valence-electron chi connectivity index (χ0n) is 7.34. The normalized spacial score (nSPS) is 8.82. The number of hydrogen-bond acceptors (Lipinski definition) is 2. The Kier molecular flexibility index (Phi) is 9.79. The first-order valence-corrected chi connectivity index (χ1v) is 3.38. The zero-order valence-corrected chi connectivity index (χ0v) is 7.34. The molecule has 0 unspecified atom stereocenters. The van der Waals surface area contributed by atoms with Gasteiger partial charge >= 0.3 is 5.97 Å². The summed E-state index contributed by atoms with van der Waals surface area (Å²) >= 11 is 0. The van der Waals surface area contributed by atoms with Crippen LogP contribution in [0.2, 0.25) is 0 Å². The lowest BCUT2D eigenvalue weighted by atomic mass is 10.4. The van der Waals surface area contributed by atoms with Crippen LogP contribution in [0.3, 0.4) is 0 Å². The summed E-state index contributed by atoms with van der Waals surface area (Å²) in [6, 6.07) is 0. The second-order valence-electron chi connectivity index (χ2n) is 1.28. The summed E-state index contributed by atoms with van der Waals surface area (Å²) in [4.78, 5) is 13.4. The van der Waals surface area contributed by atoms with Gasteiger partial charge in [0.1, 0.15) is 0 Å². The van der Waals surface area contributed by atoms with E-state index in [9.17, 15) is 4.79 Å². The molecule has 0 aliphatic carbocycles. The Hall–Kier alpha value is -1.30. The molecule has 0 aromatic carbocycles.